The van der Waals surface area contributed by atoms with Gasteiger partial charge in [0.25, 0.3) is 11.1 Å². The number of aromatic nitrogens is 2. The van der Waals surface area contributed by atoms with Crippen molar-refractivity contribution in [3.05, 3.63) is 59.4 Å². The molecule has 1 aromatic heterocycles. The predicted molar refractivity (Wildman–Crippen MR) is 102 cm³/mol. The summed E-state index contributed by atoms with van der Waals surface area (Å²) >= 11 is 6.95. The Labute approximate surface area is 165 Å². The monoisotopic (exact) mass is 405 g/mol. The van der Waals surface area contributed by atoms with E-state index in [0.29, 0.717) is 33.3 Å². The second kappa shape index (κ2) is 9.29. The van der Waals surface area contributed by atoms with Gasteiger partial charge < -0.3 is 19.2 Å². The Bertz CT molecular complexity index is 902. The molecule has 0 radical (unpaired) electrons. The van der Waals surface area contributed by atoms with E-state index in [4.69, 9.17) is 25.5 Å². The molecular weight excluding hydrogens is 390 g/mol. The zero-order chi connectivity index (χ0) is 19.1. The summed E-state index contributed by atoms with van der Waals surface area (Å²) in [7, 11) is 1.57. The Balaban J connectivity index is 1.47. The standard InChI is InChI=1S/C18H16ClN3O4S/c1-24-14-4-2-3-5-15(14)25-10-17-21-22-18(26-17)27-11-16(23)20-13-8-6-12(19)7-9-13/h2-9H,10-11H2,1H3,(H,20,23). The average Bonchev–Trinajstić information content (AvgIpc) is 3.15. The molecule has 3 rings (SSSR count). The fourth-order valence-electron chi connectivity index (χ4n) is 2.09. The van der Waals surface area contributed by atoms with Gasteiger partial charge in [-0.25, -0.2) is 0 Å². The van der Waals surface area contributed by atoms with E-state index in [1.807, 2.05) is 12.1 Å². The first-order valence-electron chi connectivity index (χ1n) is 7.90. The number of rotatable bonds is 8. The highest BCUT2D eigenvalue weighted by Crippen LogP contribution is 2.27. The van der Waals surface area contributed by atoms with Crippen molar-refractivity contribution in [2.45, 2.75) is 11.8 Å². The number of ether oxygens (including phenoxy) is 2. The molecule has 1 heterocycles. The number of thioether (sulfide) groups is 1. The van der Waals surface area contributed by atoms with Crippen LogP contribution in [0, 0.1) is 0 Å². The molecule has 0 atom stereocenters. The van der Waals surface area contributed by atoms with E-state index in [1.165, 1.54) is 0 Å². The maximum absolute atomic E-state index is 12.0. The lowest BCUT2D eigenvalue weighted by atomic mass is 10.3. The van der Waals surface area contributed by atoms with Crippen LogP contribution in [0.25, 0.3) is 0 Å². The van der Waals surface area contributed by atoms with Crippen molar-refractivity contribution in [3.8, 4) is 11.5 Å². The average molecular weight is 406 g/mol. The highest BCUT2D eigenvalue weighted by atomic mass is 35.5. The summed E-state index contributed by atoms with van der Waals surface area (Å²) in [6, 6.07) is 14.1. The van der Waals surface area contributed by atoms with Gasteiger partial charge in [0, 0.05) is 10.7 Å². The van der Waals surface area contributed by atoms with Crippen LogP contribution in [-0.2, 0) is 11.4 Å². The SMILES string of the molecule is COc1ccccc1OCc1nnc(SCC(=O)Nc2ccc(Cl)cc2)o1. The van der Waals surface area contributed by atoms with E-state index >= 15 is 0 Å². The Morgan fingerprint density at radius 1 is 1.15 bits per heavy atom. The van der Waals surface area contributed by atoms with E-state index in [0.717, 1.165) is 11.8 Å². The molecule has 9 heteroatoms. The summed E-state index contributed by atoms with van der Waals surface area (Å²) in [6.07, 6.45) is 0. The van der Waals surface area contributed by atoms with Crippen molar-refractivity contribution in [2.75, 3.05) is 18.2 Å². The molecule has 0 bridgehead atoms. The molecule has 1 amide bonds. The number of nitrogens with zero attached hydrogens (tertiary/aromatic N) is 2. The van der Waals surface area contributed by atoms with Crippen LogP contribution in [0.5, 0.6) is 11.5 Å². The van der Waals surface area contributed by atoms with Crippen LogP contribution in [-0.4, -0.2) is 29.0 Å². The minimum atomic E-state index is -0.188. The summed E-state index contributed by atoms with van der Waals surface area (Å²) in [5, 5.41) is 11.5. The van der Waals surface area contributed by atoms with Gasteiger partial charge in [-0.05, 0) is 36.4 Å². The minimum absolute atomic E-state index is 0.102. The molecule has 3 aromatic rings. The van der Waals surface area contributed by atoms with Crippen LogP contribution >= 0.6 is 23.4 Å². The van der Waals surface area contributed by atoms with Gasteiger partial charge in [-0.1, -0.05) is 35.5 Å². The van der Waals surface area contributed by atoms with Crippen molar-refractivity contribution in [1.29, 1.82) is 0 Å². The van der Waals surface area contributed by atoms with Crippen LogP contribution in [0.4, 0.5) is 5.69 Å². The summed E-state index contributed by atoms with van der Waals surface area (Å²) < 4.78 is 16.3. The summed E-state index contributed by atoms with van der Waals surface area (Å²) in [5.74, 6) is 1.45. The van der Waals surface area contributed by atoms with Gasteiger partial charge in [-0.15, -0.1) is 10.2 Å². The van der Waals surface area contributed by atoms with Gasteiger partial charge in [-0.3, -0.25) is 4.79 Å². The maximum atomic E-state index is 12.0. The van der Waals surface area contributed by atoms with Crippen molar-refractivity contribution in [3.63, 3.8) is 0 Å². The third-order valence-electron chi connectivity index (χ3n) is 3.32. The molecule has 0 unspecified atom stereocenters. The van der Waals surface area contributed by atoms with Gasteiger partial charge in [0.15, 0.2) is 18.1 Å². The highest BCUT2D eigenvalue weighted by Gasteiger charge is 2.11. The van der Waals surface area contributed by atoms with E-state index in [1.54, 1.807) is 43.5 Å². The van der Waals surface area contributed by atoms with E-state index in [2.05, 4.69) is 15.5 Å². The van der Waals surface area contributed by atoms with Crippen LogP contribution in [0.2, 0.25) is 5.02 Å². The summed E-state index contributed by atoms with van der Waals surface area (Å²) in [5.41, 5.74) is 0.668. The lowest BCUT2D eigenvalue weighted by Crippen LogP contribution is -2.13. The molecule has 0 aliphatic carbocycles. The highest BCUT2D eigenvalue weighted by molar-refractivity contribution is 7.99. The third-order valence-corrected chi connectivity index (χ3v) is 4.39. The van der Waals surface area contributed by atoms with Gasteiger partial charge in [0.2, 0.25) is 5.91 Å². The smallest absolute Gasteiger partial charge is 0.277 e. The lowest BCUT2D eigenvalue weighted by Gasteiger charge is -2.07. The number of carbonyl (C=O) groups excluding carboxylic acids is 1. The number of carbonyl (C=O) groups is 1. The number of anilines is 1. The molecule has 7 nitrogen and oxygen atoms in total. The van der Waals surface area contributed by atoms with Crippen LogP contribution in [0.3, 0.4) is 0 Å². The van der Waals surface area contributed by atoms with Crippen LogP contribution in [0.1, 0.15) is 5.89 Å². The molecule has 0 saturated carbocycles. The number of methoxy groups -OCH3 is 1. The second-order valence-electron chi connectivity index (χ2n) is 5.24. The normalized spacial score (nSPS) is 10.4. The molecule has 0 fully saturated rings. The Morgan fingerprint density at radius 3 is 2.63 bits per heavy atom. The fourth-order valence-corrected chi connectivity index (χ4v) is 2.80. The molecule has 0 spiro atoms. The fraction of sp³-hybridized carbons (Fsp3) is 0.167. The number of halogens is 1. The Morgan fingerprint density at radius 2 is 1.89 bits per heavy atom. The molecular formula is C18H16ClN3O4S. The lowest BCUT2D eigenvalue weighted by molar-refractivity contribution is -0.113. The molecule has 0 aliphatic heterocycles. The number of hydrogen-bond donors (Lipinski definition) is 1. The van der Waals surface area contributed by atoms with Crippen molar-refractivity contribution in [2.24, 2.45) is 0 Å². The maximum Gasteiger partial charge on any atom is 0.277 e. The second-order valence-corrected chi connectivity index (χ2v) is 6.61. The van der Waals surface area contributed by atoms with Gasteiger partial charge in [0.05, 0.1) is 12.9 Å². The number of para-hydroxylation sites is 2. The summed E-state index contributed by atoms with van der Waals surface area (Å²) in [6.45, 7) is 0.102. The topological polar surface area (TPSA) is 86.5 Å². The molecule has 1 N–H and O–H groups in total. The van der Waals surface area contributed by atoms with Gasteiger partial charge >= 0.3 is 0 Å². The van der Waals surface area contributed by atoms with Gasteiger partial charge in [-0.2, -0.15) is 0 Å². The van der Waals surface area contributed by atoms with Crippen molar-refractivity contribution >= 4 is 35.0 Å². The van der Waals surface area contributed by atoms with E-state index in [9.17, 15) is 4.79 Å². The quantitative estimate of drug-likeness (QED) is 0.566. The Hall–Kier alpha value is -2.71. The number of nitrogens with one attached hydrogen (secondary N) is 1. The molecule has 140 valence electrons. The summed E-state index contributed by atoms with van der Waals surface area (Å²) in [4.78, 5) is 12.0. The molecule has 0 aliphatic rings. The first-order chi connectivity index (χ1) is 13.1. The van der Waals surface area contributed by atoms with Crippen molar-refractivity contribution in [1.82, 2.24) is 10.2 Å². The van der Waals surface area contributed by atoms with Crippen molar-refractivity contribution < 1.29 is 18.7 Å². The third kappa shape index (κ3) is 5.63. The van der Waals surface area contributed by atoms with Gasteiger partial charge in [0.1, 0.15) is 0 Å². The van der Waals surface area contributed by atoms with E-state index in [-0.39, 0.29) is 18.3 Å². The molecule has 2 aromatic carbocycles. The zero-order valence-electron chi connectivity index (χ0n) is 14.3. The molecule has 27 heavy (non-hydrogen) atoms. The molecule has 0 saturated heterocycles. The number of benzene rings is 2. The number of hydrogen-bond acceptors (Lipinski definition) is 7. The predicted octanol–water partition coefficient (Wildman–Crippen LogP) is 4.04. The Kier molecular flexibility index (Phi) is 6.56. The minimum Gasteiger partial charge on any atom is -0.493 e. The first kappa shape index (κ1) is 19.1. The largest absolute Gasteiger partial charge is 0.493 e. The number of amides is 1. The van der Waals surface area contributed by atoms with E-state index < -0.39 is 0 Å². The zero-order valence-corrected chi connectivity index (χ0v) is 15.9. The first-order valence-corrected chi connectivity index (χ1v) is 9.27. The van der Waals surface area contributed by atoms with Crippen LogP contribution < -0.4 is 14.8 Å². The van der Waals surface area contributed by atoms with Crippen LogP contribution in [0.15, 0.2) is 58.2 Å².